The molecule has 3 amide bonds. The smallest absolute Gasteiger partial charge is 0.281 e. The number of nitrogens with zero attached hydrogens (tertiary/aromatic N) is 1. The number of aromatic nitrogens is 1. The van der Waals surface area contributed by atoms with Crippen LogP contribution in [0.2, 0.25) is 0 Å². The van der Waals surface area contributed by atoms with E-state index in [1.54, 1.807) is 31.2 Å². The Morgan fingerprint density at radius 1 is 1.06 bits per heavy atom. The molecular formula is C23H22N4O4S. The zero-order valence-corrected chi connectivity index (χ0v) is 18.2. The molecule has 8 nitrogen and oxygen atoms in total. The van der Waals surface area contributed by atoms with Crippen molar-refractivity contribution in [3.8, 4) is 16.3 Å². The minimum atomic E-state index is -0.517. The zero-order valence-electron chi connectivity index (χ0n) is 17.4. The average molecular weight is 451 g/mol. The molecule has 9 heteroatoms. The summed E-state index contributed by atoms with van der Waals surface area (Å²) in [5.74, 6) is -0.432. The Morgan fingerprint density at radius 3 is 2.59 bits per heavy atom. The maximum absolute atomic E-state index is 12.5. The number of carbonyl (C=O) groups excluding carboxylic acids is 3. The molecule has 0 unspecified atom stereocenters. The van der Waals surface area contributed by atoms with E-state index in [9.17, 15) is 14.4 Å². The van der Waals surface area contributed by atoms with Gasteiger partial charge in [0.25, 0.3) is 11.8 Å². The summed E-state index contributed by atoms with van der Waals surface area (Å²) >= 11 is 1.26. The number of thiazole rings is 1. The van der Waals surface area contributed by atoms with Gasteiger partial charge in [-0.1, -0.05) is 36.4 Å². The molecule has 1 heterocycles. The van der Waals surface area contributed by atoms with Crippen molar-refractivity contribution in [2.75, 3.05) is 11.9 Å². The van der Waals surface area contributed by atoms with Gasteiger partial charge in [-0.3, -0.25) is 25.2 Å². The van der Waals surface area contributed by atoms with Crippen LogP contribution in [0.4, 0.5) is 5.69 Å². The molecule has 0 spiro atoms. The second kappa shape index (κ2) is 9.61. The highest BCUT2D eigenvalue weighted by Crippen LogP contribution is 2.30. The number of anilines is 1. The van der Waals surface area contributed by atoms with E-state index < -0.39 is 11.8 Å². The van der Waals surface area contributed by atoms with Crippen LogP contribution in [-0.2, 0) is 9.59 Å². The van der Waals surface area contributed by atoms with E-state index in [0.29, 0.717) is 22.0 Å². The normalized spacial score (nSPS) is 12.7. The highest BCUT2D eigenvalue weighted by Gasteiger charge is 2.29. The van der Waals surface area contributed by atoms with E-state index in [1.807, 2.05) is 30.3 Å². The molecule has 3 N–H and O–H groups in total. The SMILES string of the molecule is Cc1nc(-c2ccccc2)sc1C(=O)NNC(=O)COc1cccc(NC(=O)C2CC2)c1. The van der Waals surface area contributed by atoms with E-state index in [1.165, 1.54) is 11.3 Å². The van der Waals surface area contributed by atoms with Gasteiger partial charge in [-0.15, -0.1) is 11.3 Å². The monoisotopic (exact) mass is 450 g/mol. The lowest BCUT2D eigenvalue weighted by molar-refractivity contribution is -0.123. The van der Waals surface area contributed by atoms with Crippen LogP contribution < -0.4 is 20.9 Å². The van der Waals surface area contributed by atoms with Crippen molar-refractivity contribution < 1.29 is 19.1 Å². The molecule has 1 aliphatic carbocycles. The van der Waals surface area contributed by atoms with Crippen molar-refractivity contribution in [3.63, 3.8) is 0 Å². The number of hydrogen-bond donors (Lipinski definition) is 3. The second-order valence-electron chi connectivity index (χ2n) is 7.38. The van der Waals surface area contributed by atoms with Gasteiger partial charge in [0.2, 0.25) is 5.91 Å². The Bertz CT molecular complexity index is 1140. The van der Waals surface area contributed by atoms with Gasteiger partial charge < -0.3 is 10.1 Å². The highest BCUT2D eigenvalue weighted by atomic mass is 32.1. The van der Waals surface area contributed by atoms with Gasteiger partial charge in [-0.25, -0.2) is 4.98 Å². The Balaban J connectivity index is 1.27. The highest BCUT2D eigenvalue weighted by molar-refractivity contribution is 7.17. The average Bonchev–Trinajstić information content (AvgIpc) is 3.59. The number of ether oxygens (including phenoxy) is 1. The van der Waals surface area contributed by atoms with Crippen LogP contribution in [0.25, 0.3) is 10.6 Å². The molecule has 0 saturated heterocycles. The summed E-state index contributed by atoms with van der Waals surface area (Å²) in [6.45, 7) is 1.45. The molecule has 0 atom stereocenters. The maximum atomic E-state index is 12.5. The van der Waals surface area contributed by atoms with Gasteiger partial charge in [0.15, 0.2) is 6.61 Å². The number of aryl methyl sites for hydroxylation is 1. The number of hydrazine groups is 1. The first-order chi connectivity index (χ1) is 15.5. The van der Waals surface area contributed by atoms with Gasteiger partial charge in [-0.2, -0.15) is 0 Å². The molecule has 0 bridgehead atoms. The van der Waals surface area contributed by atoms with E-state index in [-0.39, 0.29) is 18.4 Å². The van der Waals surface area contributed by atoms with Crippen LogP contribution in [0.1, 0.15) is 28.2 Å². The number of rotatable bonds is 7. The molecule has 1 aliphatic rings. The molecule has 32 heavy (non-hydrogen) atoms. The lowest BCUT2D eigenvalue weighted by Crippen LogP contribution is -2.43. The molecule has 1 aromatic heterocycles. The predicted molar refractivity (Wildman–Crippen MR) is 121 cm³/mol. The second-order valence-corrected chi connectivity index (χ2v) is 8.38. The first kappa shape index (κ1) is 21.5. The van der Waals surface area contributed by atoms with Crippen LogP contribution in [0.3, 0.4) is 0 Å². The largest absolute Gasteiger partial charge is 0.484 e. The third-order valence-electron chi connectivity index (χ3n) is 4.76. The predicted octanol–water partition coefficient (Wildman–Crippen LogP) is 3.31. The summed E-state index contributed by atoms with van der Waals surface area (Å²) < 4.78 is 5.47. The molecule has 4 rings (SSSR count). The Morgan fingerprint density at radius 2 is 1.84 bits per heavy atom. The van der Waals surface area contributed by atoms with Gasteiger partial charge in [0.1, 0.15) is 15.6 Å². The van der Waals surface area contributed by atoms with E-state index in [2.05, 4.69) is 21.2 Å². The summed E-state index contributed by atoms with van der Waals surface area (Å²) in [7, 11) is 0. The number of nitrogens with one attached hydrogen (secondary N) is 3. The topological polar surface area (TPSA) is 109 Å². The lowest BCUT2D eigenvalue weighted by atomic mass is 10.2. The lowest BCUT2D eigenvalue weighted by Gasteiger charge is -2.10. The Kier molecular flexibility index (Phi) is 6.46. The van der Waals surface area contributed by atoms with Crippen LogP contribution in [0.5, 0.6) is 5.75 Å². The number of amides is 3. The van der Waals surface area contributed by atoms with E-state index in [4.69, 9.17) is 4.74 Å². The molecule has 2 aromatic carbocycles. The minimum Gasteiger partial charge on any atom is -0.484 e. The van der Waals surface area contributed by atoms with Crippen LogP contribution in [0.15, 0.2) is 54.6 Å². The van der Waals surface area contributed by atoms with Crippen molar-refractivity contribution in [3.05, 3.63) is 65.2 Å². The van der Waals surface area contributed by atoms with Crippen molar-refractivity contribution in [1.82, 2.24) is 15.8 Å². The quantitative estimate of drug-likeness (QED) is 0.479. The molecule has 164 valence electrons. The van der Waals surface area contributed by atoms with E-state index >= 15 is 0 Å². The minimum absolute atomic E-state index is 0.00334. The summed E-state index contributed by atoms with van der Waals surface area (Å²) in [4.78, 5) is 41.3. The molecular weight excluding hydrogens is 428 g/mol. The molecule has 3 aromatic rings. The number of benzene rings is 2. The van der Waals surface area contributed by atoms with Crippen molar-refractivity contribution >= 4 is 34.7 Å². The number of hydrogen-bond acceptors (Lipinski definition) is 6. The van der Waals surface area contributed by atoms with Gasteiger partial charge in [0.05, 0.1) is 5.69 Å². The fourth-order valence-electron chi connectivity index (χ4n) is 2.93. The molecule has 1 fully saturated rings. The molecule has 1 saturated carbocycles. The van der Waals surface area contributed by atoms with Crippen LogP contribution in [-0.4, -0.2) is 29.3 Å². The fraction of sp³-hybridized carbons (Fsp3) is 0.217. The Labute approximate surface area is 189 Å². The molecule has 0 radical (unpaired) electrons. The summed E-state index contributed by atoms with van der Waals surface area (Å²) in [5, 5.41) is 3.56. The number of carbonyl (C=O) groups is 3. The fourth-order valence-corrected chi connectivity index (χ4v) is 3.90. The van der Waals surface area contributed by atoms with Gasteiger partial charge in [0, 0.05) is 23.2 Å². The van der Waals surface area contributed by atoms with Gasteiger partial charge >= 0.3 is 0 Å². The van der Waals surface area contributed by atoms with Crippen molar-refractivity contribution in [2.45, 2.75) is 19.8 Å². The summed E-state index contributed by atoms with van der Waals surface area (Å²) in [6, 6.07) is 16.4. The van der Waals surface area contributed by atoms with Gasteiger partial charge in [-0.05, 0) is 31.9 Å². The standard InChI is InChI=1S/C23H22N4O4S/c1-14-20(32-23(24-14)16-6-3-2-4-7-16)22(30)27-26-19(28)13-31-18-9-5-8-17(12-18)25-21(29)15-10-11-15/h2-9,12,15H,10-11,13H2,1H3,(H,25,29)(H,26,28)(H,27,30). The summed E-state index contributed by atoms with van der Waals surface area (Å²) in [6.07, 6.45) is 1.84. The summed E-state index contributed by atoms with van der Waals surface area (Å²) in [5.41, 5.74) is 6.86. The van der Waals surface area contributed by atoms with Crippen molar-refractivity contribution in [2.24, 2.45) is 5.92 Å². The van der Waals surface area contributed by atoms with Crippen LogP contribution in [0, 0.1) is 12.8 Å². The first-order valence-electron chi connectivity index (χ1n) is 10.2. The van der Waals surface area contributed by atoms with E-state index in [0.717, 1.165) is 23.4 Å². The Hall–Kier alpha value is -3.72. The first-order valence-corrected chi connectivity index (χ1v) is 11.0. The zero-order chi connectivity index (χ0) is 22.5. The third kappa shape index (κ3) is 5.50. The molecule has 0 aliphatic heterocycles. The maximum Gasteiger partial charge on any atom is 0.281 e. The third-order valence-corrected chi connectivity index (χ3v) is 5.96. The van der Waals surface area contributed by atoms with Crippen LogP contribution >= 0.6 is 11.3 Å². The van der Waals surface area contributed by atoms with Crippen molar-refractivity contribution in [1.29, 1.82) is 0 Å².